The van der Waals surface area contributed by atoms with Gasteiger partial charge in [-0.2, -0.15) is 0 Å². The van der Waals surface area contributed by atoms with Crippen LogP contribution in [0.5, 0.6) is 0 Å². The molecule has 1 aliphatic rings. The molecule has 0 atom stereocenters. The van der Waals surface area contributed by atoms with Crippen molar-refractivity contribution in [1.82, 2.24) is 15.1 Å². The molecule has 6 heteroatoms. The summed E-state index contributed by atoms with van der Waals surface area (Å²) in [5.41, 5.74) is 2.12. The molecule has 0 unspecified atom stereocenters. The van der Waals surface area contributed by atoms with Gasteiger partial charge in [-0.3, -0.25) is 4.90 Å². The number of hydrogen-bond acceptors (Lipinski definition) is 2. The monoisotopic (exact) mass is 361 g/mol. The van der Waals surface area contributed by atoms with Crippen LogP contribution in [0, 0.1) is 11.6 Å². The minimum Gasteiger partial charge on any atom is -0.358 e. The van der Waals surface area contributed by atoms with Crippen molar-refractivity contribution in [1.29, 1.82) is 0 Å². The number of nitrogens with one attached hydrogen (secondary N) is 1. The van der Waals surface area contributed by atoms with Crippen molar-refractivity contribution >= 4 is 17.3 Å². The second-order valence-corrected chi connectivity index (χ2v) is 6.56. The van der Waals surface area contributed by atoms with E-state index in [0.717, 1.165) is 49.0 Å². The molecule has 1 heterocycles. The number of nitrogens with zero attached hydrogens (tertiary/aromatic N) is 2. The fraction of sp³-hybridized carbons (Fsp3) is 0.316. The first kappa shape index (κ1) is 17.8. The van der Waals surface area contributed by atoms with Crippen molar-refractivity contribution in [3.63, 3.8) is 0 Å². The van der Waals surface area contributed by atoms with Crippen molar-refractivity contribution in [2.24, 2.45) is 0 Å². The molecular weight excluding hydrogens is 340 g/mol. The topological polar surface area (TPSA) is 18.5 Å². The predicted molar refractivity (Wildman–Crippen MR) is 99.1 cm³/mol. The molecule has 2 aromatic rings. The summed E-state index contributed by atoms with van der Waals surface area (Å²) in [6.07, 6.45) is 0. The summed E-state index contributed by atoms with van der Waals surface area (Å²) >= 11 is 5.46. The van der Waals surface area contributed by atoms with Gasteiger partial charge < -0.3 is 10.2 Å². The van der Waals surface area contributed by atoms with Gasteiger partial charge in [-0.1, -0.05) is 24.3 Å². The van der Waals surface area contributed by atoms with Crippen LogP contribution in [-0.2, 0) is 13.1 Å². The van der Waals surface area contributed by atoms with E-state index >= 15 is 0 Å². The van der Waals surface area contributed by atoms with Crippen LogP contribution in [0.4, 0.5) is 8.78 Å². The number of halogens is 2. The number of hydrogen-bond donors (Lipinski definition) is 1. The van der Waals surface area contributed by atoms with E-state index in [1.165, 1.54) is 24.3 Å². The van der Waals surface area contributed by atoms with Gasteiger partial charge >= 0.3 is 0 Å². The number of thiocarbonyl (C=S) groups is 1. The highest BCUT2D eigenvalue weighted by atomic mass is 32.1. The molecule has 3 nitrogen and oxygen atoms in total. The number of benzene rings is 2. The summed E-state index contributed by atoms with van der Waals surface area (Å²) in [4.78, 5) is 4.49. The highest BCUT2D eigenvalue weighted by Crippen LogP contribution is 2.10. The third kappa shape index (κ3) is 5.21. The SMILES string of the molecule is Fc1ccc(CNC(=S)N2CCN(Cc3ccc(F)cc3)CC2)cc1. The van der Waals surface area contributed by atoms with E-state index in [2.05, 4.69) is 15.1 Å². The second-order valence-electron chi connectivity index (χ2n) is 6.17. The molecule has 1 N–H and O–H groups in total. The summed E-state index contributed by atoms with van der Waals surface area (Å²) < 4.78 is 25.9. The minimum atomic E-state index is -0.233. The van der Waals surface area contributed by atoms with Crippen LogP contribution in [0.3, 0.4) is 0 Å². The number of piperazine rings is 1. The van der Waals surface area contributed by atoms with E-state index in [0.29, 0.717) is 6.54 Å². The standard InChI is InChI=1S/C19H21F2N3S/c20-17-5-1-15(2-6-17)13-22-19(25)24-11-9-23(10-12-24)14-16-3-7-18(21)8-4-16/h1-8H,9-14H2,(H,22,25). The molecule has 0 aromatic heterocycles. The minimum absolute atomic E-state index is 0.203. The van der Waals surface area contributed by atoms with E-state index in [1.54, 1.807) is 12.1 Å². The maximum Gasteiger partial charge on any atom is 0.169 e. The van der Waals surface area contributed by atoms with Gasteiger partial charge in [0.25, 0.3) is 0 Å². The molecule has 0 spiro atoms. The lowest BCUT2D eigenvalue weighted by Gasteiger charge is -2.36. The Balaban J connectivity index is 1.42. The van der Waals surface area contributed by atoms with Crippen LogP contribution >= 0.6 is 12.2 Å². The molecule has 0 aliphatic carbocycles. The first-order valence-electron chi connectivity index (χ1n) is 8.34. The smallest absolute Gasteiger partial charge is 0.169 e. The molecule has 2 aromatic carbocycles. The van der Waals surface area contributed by atoms with E-state index in [-0.39, 0.29) is 11.6 Å². The normalized spacial score (nSPS) is 15.2. The van der Waals surface area contributed by atoms with Crippen LogP contribution < -0.4 is 5.32 Å². The lowest BCUT2D eigenvalue weighted by atomic mass is 10.2. The molecule has 0 amide bonds. The Morgan fingerprint density at radius 1 is 0.840 bits per heavy atom. The quantitative estimate of drug-likeness (QED) is 0.843. The lowest BCUT2D eigenvalue weighted by Crippen LogP contribution is -2.51. The Kier molecular flexibility index (Phi) is 5.94. The van der Waals surface area contributed by atoms with Crippen LogP contribution in [-0.4, -0.2) is 41.1 Å². The van der Waals surface area contributed by atoms with Crippen molar-refractivity contribution in [3.8, 4) is 0 Å². The first-order valence-corrected chi connectivity index (χ1v) is 8.75. The molecule has 0 radical (unpaired) electrons. The second kappa shape index (κ2) is 8.36. The van der Waals surface area contributed by atoms with Gasteiger partial charge in [0.1, 0.15) is 11.6 Å². The Bertz CT molecular complexity index is 696. The Labute approximate surface area is 152 Å². The van der Waals surface area contributed by atoms with E-state index in [1.807, 2.05) is 12.1 Å². The van der Waals surface area contributed by atoms with Crippen molar-refractivity contribution in [2.75, 3.05) is 26.2 Å². The van der Waals surface area contributed by atoms with Crippen molar-refractivity contribution in [3.05, 3.63) is 71.3 Å². The molecule has 1 saturated heterocycles. The average molecular weight is 361 g/mol. The van der Waals surface area contributed by atoms with E-state index < -0.39 is 0 Å². The Hall–Kier alpha value is -2.05. The van der Waals surface area contributed by atoms with Crippen LogP contribution in [0.15, 0.2) is 48.5 Å². The maximum atomic E-state index is 13.0. The van der Waals surface area contributed by atoms with E-state index in [9.17, 15) is 8.78 Å². The highest BCUT2D eigenvalue weighted by molar-refractivity contribution is 7.80. The molecule has 0 bridgehead atoms. The molecule has 1 aliphatic heterocycles. The summed E-state index contributed by atoms with van der Waals surface area (Å²) in [6, 6.07) is 13.1. The fourth-order valence-electron chi connectivity index (χ4n) is 2.85. The van der Waals surface area contributed by atoms with Crippen LogP contribution in [0.25, 0.3) is 0 Å². The zero-order chi connectivity index (χ0) is 17.6. The summed E-state index contributed by atoms with van der Waals surface area (Å²) in [5.74, 6) is -0.435. The Morgan fingerprint density at radius 2 is 1.36 bits per heavy atom. The summed E-state index contributed by atoms with van der Waals surface area (Å²) in [5, 5.41) is 3.96. The number of rotatable bonds is 4. The first-order chi connectivity index (χ1) is 12.1. The molecule has 3 rings (SSSR count). The van der Waals surface area contributed by atoms with Crippen LogP contribution in [0.1, 0.15) is 11.1 Å². The van der Waals surface area contributed by atoms with Crippen LogP contribution in [0.2, 0.25) is 0 Å². The van der Waals surface area contributed by atoms with E-state index in [4.69, 9.17) is 12.2 Å². The highest BCUT2D eigenvalue weighted by Gasteiger charge is 2.18. The summed E-state index contributed by atoms with van der Waals surface area (Å²) in [7, 11) is 0. The molecule has 0 saturated carbocycles. The van der Waals surface area contributed by atoms with Gasteiger partial charge in [0.15, 0.2) is 5.11 Å². The zero-order valence-electron chi connectivity index (χ0n) is 13.9. The Morgan fingerprint density at radius 3 is 1.92 bits per heavy atom. The van der Waals surface area contributed by atoms with Crippen molar-refractivity contribution < 1.29 is 8.78 Å². The van der Waals surface area contributed by atoms with Gasteiger partial charge in [-0.05, 0) is 47.6 Å². The average Bonchev–Trinajstić information content (AvgIpc) is 2.63. The summed E-state index contributed by atoms with van der Waals surface area (Å²) in [6.45, 7) is 4.96. The van der Waals surface area contributed by atoms with Gasteiger partial charge in [-0.15, -0.1) is 0 Å². The van der Waals surface area contributed by atoms with Crippen molar-refractivity contribution in [2.45, 2.75) is 13.1 Å². The molecule has 132 valence electrons. The third-order valence-electron chi connectivity index (χ3n) is 4.34. The predicted octanol–water partition coefficient (Wildman–Crippen LogP) is 3.16. The largest absolute Gasteiger partial charge is 0.358 e. The van der Waals surface area contributed by atoms with Gasteiger partial charge in [-0.25, -0.2) is 8.78 Å². The molecular formula is C19H21F2N3S. The maximum absolute atomic E-state index is 13.0. The van der Waals surface area contributed by atoms with Gasteiger partial charge in [0.2, 0.25) is 0 Å². The van der Waals surface area contributed by atoms with Gasteiger partial charge in [0.05, 0.1) is 0 Å². The molecule has 25 heavy (non-hydrogen) atoms. The third-order valence-corrected chi connectivity index (χ3v) is 4.74. The van der Waals surface area contributed by atoms with Gasteiger partial charge in [0, 0.05) is 39.3 Å². The zero-order valence-corrected chi connectivity index (χ0v) is 14.7. The fourth-order valence-corrected chi connectivity index (χ4v) is 3.10. The molecule has 1 fully saturated rings. The lowest BCUT2D eigenvalue weighted by molar-refractivity contribution is 0.174.